The second-order valence-corrected chi connectivity index (χ2v) is 5.90. The van der Waals surface area contributed by atoms with E-state index in [-0.39, 0.29) is 11.6 Å². The minimum absolute atomic E-state index is 0.212. The van der Waals surface area contributed by atoms with Crippen LogP contribution < -0.4 is 10.6 Å². The predicted octanol–water partition coefficient (Wildman–Crippen LogP) is 2.85. The van der Waals surface area contributed by atoms with E-state index in [4.69, 9.17) is 0 Å². The van der Waals surface area contributed by atoms with Gasteiger partial charge in [-0.25, -0.2) is 9.59 Å². The highest BCUT2D eigenvalue weighted by Crippen LogP contribution is 2.33. The molecule has 1 saturated carbocycles. The summed E-state index contributed by atoms with van der Waals surface area (Å²) in [6.45, 7) is 4.42. The molecule has 0 atom stereocenters. The smallest absolute Gasteiger partial charge is 0.338 e. The minimum atomic E-state index is -0.994. The van der Waals surface area contributed by atoms with Crippen molar-refractivity contribution in [3.63, 3.8) is 0 Å². The van der Waals surface area contributed by atoms with Gasteiger partial charge in [-0.2, -0.15) is 0 Å². The summed E-state index contributed by atoms with van der Waals surface area (Å²) in [4.78, 5) is 24.0. The average molecular weight is 282 g/mol. The molecule has 1 aliphatic rings. The van der Waals surface area contributed by atoms with Crippen molar-refractivity contribution < 1.29 is 14.7 Å². The molecular weight excluding hydrogens is 264 g/mol. The van der Waals surface area contributed by atoms with Crippen molar-refractivity contribution in [1.82, 2.24) is 5.32 Å². The lowest BCUT2D eigenvalue weighted by Crippen LogP contribution is -2.30. The quantitative estimate of drug-likeness (QED) is 0.777. The molecule has 0 spiro atoms. The molecule has 6 heteroatoms. The van der Waals surface area contributed by atoms with E-state index in [1.807, 2.05) is 6.92 Å². The minimum Gasteiger partial charge on any atom is -0.478 e. The van der Waals surface area contributed by atoms with Crippen LogP contribution in [0.3, 0.4) is 0 Å². The number of nitrogens with one attached hydrogen (secondary N) is 2. The first-order valence-corrected chi connectivity index (χ1v) is 7.25. The van der Waals surface area contributed by atoms with Crippen molar-refractivity contribution in [3.8, 4) is 0 Å². The molecule has 2 amide bonds. The van der Waals surface area contributed by atoms with Crippen LogP contribution in [0.1, 0.15) is 40.6 Å². The molecule has 104 valence electrons. The Bertz CT molecular complexity index is 506. The zero-order valence-corrected chi connectivity index (χ0v) is 11.9. The van der Waals surface area contributed by atoms with Crippen LogP contribution in [0.15, 0.2) is 0 Å². The summed E-state index contributed by atoms with van der Waals surface area (Å²) in [7, 11) is 0. The van der Waals surface area contributed by atoms with Crippen LogP contribution in [0.5, 0.6) is 0 Å². The first-order valence-electron chi connectivity index (χ1n) is 6.43. The number of amides is 2. The number of aryl methyl sites for hydroxylation is 1. The van der Waals surface area contributed by atoms with Gasteiger partial charge < -0.3 is 10.4 Å². The molecule has 0 unspecified atom stereocenters. The third kappa shape index (κ3) is 3.26. The monoisotopic (exact) mass is 282 g/mol. The molecule has 5 nitrogen and oxygen atoms in total. The summed E-state index contributed by atoms with van der Waals surface area (Å²) in [6, 6.07) is -0.321. The summed E-state index contributed by atoms with van der Waals surface area (Å²) >= 11 is 1.34. The Balaban J connectivity index is 2.09. The van der Waals surface area contributed by atoms with Crippen LogP contribution in [0.2, 0.25) is 0 Å². The molecule has 0 aromatic carbocycles. The Morgan fingerprint density at radius 3 is 2.63 bits per heavy atom. The van der Waals surface area contributed by atoms with Crippen molar-refractivity contribution in [2.45, 2.75) is 33.1 Å². The van der Waals surface area contributed by atoms with Crippen LogP contribution in [-0.2, 0) is 6.42 Å². The molecule has 0 radical (unpaired) electrons. The topological polar surface area (TPSA) is 78.4 Å². The number of aromatic carboxylic acids is 1. The molecule has 0 saturated heterocycles. The molecule has 0 bridgehead atoms. The van der Waals surface area contributed by atoms with Crippen LogP contribution in [0.25, 0.3) is 0 Å². The second kappa shape index (κ2) is 5.61. The van der Waals surface area contributed by atoms with Crippen LogP contribution >= 0.6 is 11.3 Å². The fraction of sp³-hybridized carbons (Fsp3) is 0.538. The summed E-state index contributed by atoms with van der Waals surface area (Å²) in [5, 5.41) is 15.1. The van der Waals surface area contributed by atoms with Gasteiger partial charge in [0, 0.05) is 11.4 Å². The van der Waals surface area contributed by atoms with E-state index in [0.29, 0.717) is 17.5 Å². The average Bonchev–Trinajstić information content (AvgIpc) is 3.11. The molecule has 19 heavy (non-hydrogen) atoms. The van der Waals surface area contributed by atoms with Crippen LogP contribution in [0, 0.1) is 12.8 Å². The summed E-state index contributed by atoms with van der Waals surface area (Å²) < 4.78 is 0. The molecular formula is C13H18N2O3S. The molecule has 0 aliphatic heterocycles. The van der Waals surface area contributed by atoms with E-state index in [0.717, 1.165) is 16.9 Å². The van der Waals surface area contributed by atoms with Crippen LogP contribution in [0.4, 0.5) is 9.80 Å². The van der Waals surface area contributed by atoms with Gasteiger partial charge in [-0.15, -0.1) is 11.3 Å². The Morgan fingerprint density at radius 1 is 1.42 bits per heavy atom. The number of carbonyl (C=O) groups excluding carboxylic acids is 1. The van der Waals surface area contributed by atoms with Gasteiger partial charge in [0.15, 0.2) is 0 Å². The SMILES string of the molecule is CCc1sc(NC(=O)NCC2CC2)c(C(=O)O)c1C. The second-order valence-electron chi connectivity index (χ2n) is 4.79. The van der Waals surface area contributed by atoms with E-state index < -0.39 is 5.97 Å². The third-order valence-electron chi connectivity index (χ3n) is 3.26. The largest absolute Gasteiger partial charge is 0.478 e. The molecule has 1 heterocycles. The molecule has 1 aromatic heterocycles. The number of anilines is 1. The fourth-order valence-electron chi connectivity index (χ4n) is 1.95. The van der Waals surface area contributed by atoms with Gasteiger partial charge in [0.2, 0.25) is 0 Å². The molecule has 2 rings (SSSR count). The van der Waals surface area contributed by atoms with Gasteiger partial charge in [-0.1, -0.05) is 6.92 Å². The lowest BCUT2D eigenvalue weighted by molar-refractivity contribution is 0.0697. The fourth-order valence-corrected chi connectivity index (χ4v) is 3.08. The molecule has 1 fully saturated rings. The maximum absolute atomic E-state index is 11.7. The first-order chi connectivity index (χ1) is 9.02. The van der Waals surface area contributed by atoms with E-state index in [9.17, 15) is 14.7 Å². The van der Waals surface area contributed by atoms with Gasteiger partial charge in [-0.3, -0.25) is 5.32 Å². The number of thiophene rings is 1. The Hall–Kier alpha value is -1.56. The van der Waals surface area contributed by atoms with E-state index in [2.05, 4.69) is 10.6 Å². The normalized spacial score (nSPS) is 14.2. The first kappa shape index (κ1) is 13.9. The lowest BCUT2D eigenvalue weighted by atomic mass is 10.1. The lowest BCUT2D eigenvalue weighted by Gasteiger charge is -2.06. The van der Waals surface area contributed by atoms with Crippen molar-refractivity contribution >= 4 is 28.3 Å². The van der Waals surface area contributed by atoms with E-state index >= 15 is 0 Å². The van der Waals surface area contributed by atoms with E-state index in [1.54, 1.807) is 6.92 Å². The molecule has 1 aliphatic carbocycles. The number of rotatable bonds is 5. The third-order valence-corrected chi connectivity index (χ3v) is 4.61. The number of urea groups is 1. The number of hydrogen-bond acceptors (Lipinski definition) is 3. The maximum atomic E-state index is 11.7. The number of carbonyl (C=O) groups is 2. The zero-order valence-electron chi connectivity index (χ0n) is 11.1. The van der Waals surface area contributed by atoms with Gasteiger partial charge in [0.05, 0.1) is 5.56 Å². The van der Waals surface area contributed by atoms with Crippen molar-refractivity contribution in [1.29, 1.82) is 0 Å². The maximum Gasteiger partial charge on any atom is 0.338 e. The number of carboxylic acids is 1. The standard InChI is InChI=1S/C13H18N2O3S/c1-3-9-7(2)10(12(16)17)11(19-9)15-13(18)14-6-8-4-5-8/h8H,3-6H2,1-2H3,(H,16,17)(H2,14,15,18). The van der Waals surface area contributed by atoms with Gasteiger partial charge in [-0.05, 0) is 37.7 Å². The van der Waals surface area contributed by atoms with Gasteiger partial charge in [0.25, 0.3) is 0 Å². The number of hydrogen-bond donors (Lipinski definition) is 3. The van der Waals surface area contributed by atoms with E-state index in [1.165, 1.54) is 24.2 Å². The van der Waals surface area contributed by atoms with Gasteiger partial charge in [0.1, 0.15) is 5.00 Å². The van der Waals surface area contributed by atoms with Crippen molar-refractivity contribution in [2.75, 3.05) is 11.9 Å². The highest BCUT2D eigenvalue weighted by atomic mass is 32.1. The summed E-state index contributed by atoms with van der Waals surface area (Å²) in [5.41, 5.74) is 0.959. The van der Waals surface area contributed by atoms with Gasteiger partial charge >= 0.3 is 12.0 Å². The number of carboxylic acid groups (broad SMARTS) is 1. The molecule has 1 aromatic rings. The Kier molecular flexibility index (Phi) is 4.09. The van der Waals surface area contributed by atoms with Crippen molar-refractivity contribution in [3.05, 3.63) is 16.0 Å². The Morgan fingerprint density at radius 2 is 2.11 bits per heavy atom. The predicted molar refractivity (Wildman–Crippen MR) is 75.1 cm³/mol. The highest BCUT2D eigenvalue weighted by molar-refractivity contribution is 7.16. The molecule has 3 N–H and O–H groups in total. The Labute approximate surface area is 116 Å². The van der Waals surface area contributed by atoms with Crippen molar-refractivity contribution in [2.24, 2.45) is 5.92 Å². The zero-order chi connectivity index (χ0) is 14.0. The summed E-state index contributed by atoms with van der Waals surface area (Å²) in [6.07, 6.45) is 3.10. The summed E-state index contributed by atoms with van der Waals surface area (Å²) in [5.74, 6) is -0.396. The van der Waals surface area contributed by atoms with Crippen LogP contribution in [-0.4, -0.2) is 23.7 Å². The highest BCUT2D eigenvalue weighted by Gasteiger charge is 2.23.